The van der Waals surface area contributed by atoms with E-state index in [0.29, 0.717) is 13.1 Å². The number of hydrogen-bond donors (Lipinski definition) is 1. The SMILES string of the molecule is Cl.Cl.Fc1ccc([C@H](CC(F)(F)F)N2CCNCC2)c(C(F)(F)F)c1. The van der Waals surface area contributed by atoms with Gasteiger partial charge >= 0.3 is 12.4 Å². The topological polar surface area (TPSA) is 15.3 Å². The van der Waals surface area contributed by atoms with Crippen molar-refractivity contribution < 1.29 is 30.7 Å². The van der Waals surface area contributed by atoms with E-state index in [9.17, 15) is 30.7 Å². The molecule has 11 heteroatoms. The summed E-state index contributed by atoms with van der Waals surface area (Å²) in [6, 6.07) is 0.322. The monoisotopic (exact) mass is 416 g/mol. The summed E-state index contributed by atoms with van der Waals surface area (Å²) in [5.74, 6) is -1.13. The van der Waals surface area contributed by atoms with Gasteiger partial charge in [-0.3, -0.25) is 4.90 Å². The number of halogens is 9. The molecule has 0 unspecified atom stereocenters. The number of benzene rings is 1. The fraction of sp³-hybridized carbons (Fsp3) is 0.571. The van der Waals surface area contributed by atoms with Crippen molar-refractivity contribution in [1.82, 2.24) is 10.2 Å². The third-order valence-electron chi connectivity index (χ3n) is 3.70. The van der Waals surface area contributed by atoms with Crippen molar-refractivity contribution >= 4 is 24.8 Å². The zero-order chi connectivity index (χ0) is 17.3. The molecule has 2 nitrogen and oxygen atoms in total. The Morgan fingerprint density at radius 1 is 1.00 bits per heavy atom. The number of hydrogen-bond acceptors (Lipinski definition) is 2. The van der Waals surface area contributed by atoms with Crippen LogP contribution in [-0.4, -0.2) is 37.3 Å². The fourth-order valence-corrected chi connectivity index (χ4v) is 2.71. The van der Waals surface area contributed by atoms with Crippen LogP contribution in [0.25, 0.3) is 0 Å². The zero-order valence-corrected chi connectivity index (χ0v) is 14.4. The molecule has 1 aliphatic rings. The van der Waals surface area contributed by atoms with Crippen molar-refractivity contribution in [2.75, 3.05) is 26.2 Å². The van der Waals surface area contributed by atoms with Crippen molar-refractivity contribution in [2.45, 2.75) is 24.8 Å². The van der Waals surface area contributed by atoms with Gasteiger partial charge in [0.1, 0.15) is 5.82 Å². The van der Waals surface area contributed by atoms with Gasteiger partial charge in [0.15, 0.2) is 0 Å². The molecule has 1 fully saturated rings. The number of alkyl halides is 6. The lowest BCUT2D eigenvalue weighted by Gasteiger charge is -2.36. The quantitative estimate of drug-likeness (QED) is 0.725. The van der Waals surface area contributed by atoms with Gasteiger partial charge in [0, 0.05) is 32.2 Å². The molecule has 1 aromatic rings. The molecule has 0 bridgehead atoms. The Morgan fingerprint density at radius 2 is 1.56 bits per heavy atom. The second-order valence-corrected chi connectivity index (χ2v) is 5.35. The van der Waals surface area contributed by atoms with Crippen molar-refractivity contribution in [3.63, 3.8) is 0 Å². The molecule has 1 aromatic carbocycles. The average Bonchev–Trinajstić information content (AvgIpc) is 2.44. The number of nitrogens with one attached hydrogen (secondary N) is 1. The molecule has 1 N–H and O–H groups in total. The molecular weight excluding hydrogens is 400 g/mol. The van der Waals surface area contributed by atoms with E-state index in [-0.39, 0.29) is 44.0 Å². The molecule has 0 amide bonds. The van der Waals surface area contributed by atoms with Gasteiger partial charge in [-0.25, -0.2) is 4.39 Å². The number of piperazine rings is 1. The summed E-state index contributed by atoms with van der Waals surface area (Å²) < 4.78 is 91.1. The first kappa shape index (κ1) is 24.2. The Kier molecular flexibility index (Phi) is 8.96. The molecule has 0 aliphatic carbocycles. The Labute approximate surface area is 152 Å². The first-order valence-electron chi connectivity index (χ1n) is 6.96. The second-order valence-electron chi connectivity index (χ2n) is 5.35. The van der Waals surface area contributed by atoms with E-state index in [4.69, 9.17) is 0 Å². The van der Waals surface area contributed by atoms with Crippen LogP contribution in [0, 0.1) is 5.82 Å². The Balaban J connectivity index is 0.00000288. The highest BCUT2D eigenvalue weighted by Crippen LogP contribution is 2.41. The summed E-state index contributed by atoms with van der Waals surface area (Å²) in [7, 11) is 0. The highest BCUT2D eigenvalue weighted by atomic mass is 35.5. The maximum absolute atomic E-state index is 13.2. The van der Waals surface area contributed by atoms with Gasteiger partial charge in [-0.2, -0.15) is 26.3 Å². The molecule has 1 saturated heterocycles. The summed E-state index contributed by atoms with van der Waals surface area (Å²) in [6.45, 7) is 1.15. The summed E-state index contributed by atoms with van der Waals surface area (Å²) in [6.07, 6.45) is -11.0. The van der Waals surface area contributed by atoms with Gasteiger partial charge in [-0.15, -0.1) is 24.8 Å². The van der Waals surface area contributed by atoms with Crippen molar-refractivity contribution in [1.29, 1.82) is 0 Å². The summed E-state index contributed by atoms with van der Waals surface area (Å²) >= 11 is 0. The second kappa shape index (κ2) is 9.25. The third-order valence-corrected chi connectivity index (χ3v) is 3.70. The smallest absolute Gasteiger partial charge is 0.314 e. The molecule has 146 valence electrons. The highest BCUT2D eigenvalue weighted by Gasteiger charge is 2.41. The zero-order valence-electron chi connectivity index (χ0n) is 12.8. The van der Waals surface area contributed by atoms with Gasteiger partial charge in [-0.05, 0) is 17.7 Å². The summed E-state index contributed by atoms with van der Waals surface area (Å²) in [4.78, 5) is 1.35. The van der Waals surface area contributed by atoms with Gasteiger partial charge < -0.3 is 5.32 Å². The van der Waals surface area contributed by atoms with Crippen LogP contribution in [0.1, 0.15) is 23.6 Å². The van der Waals surface area contributed by atoms with Gasteiger partial charge in [0.25, 0.3) is 0 Å². The van der Waals surface area contributed by atoms with Gasteiger partial charge in [0.2, 0.25) is 0 Å². The molecule has 0 saturated carbocycles. The van der Waals surface area contributed by atoms with E-state index in [0.717, 1.165) is 12.1 Å². The fourth-order valence-electron chi connectivity index (χ4n) is 2.71. The van der Waals surface area contributed by atoms with Crippen LogP contribution in [-0.2, 0) is 6.18 Å². The van der Waals surface area contributed by atoms with E-state index in [2.05, 4.69) is 5.32 Å². The average molecular weight is 417 g/mol. The van der Waals surface area contributed by atoms with Crippen LogP contribution >= 0.6 is 24.8 Å². The molecule has 1 heterocycles. The molecule has 1 atom stereocenters. The van der Waals surface area contributed by atoms with Gasteiger partial charge in [-0.1, -0.05) is 6.07 Å². The molecule has 25 heavy (non-hydrogen) atoms. The normalized spacial score (nSPS) is 17.4. The minimum absolute atomic E-state index is 0. The lowest BCUT2D eigenvalue weighted by Crippen LogP contribution is -2.46. The van der Waals surface area contributed by atoms with E-state index in [1.54, 1.807) is 0 Å². The van der Waals surface area contributed by atoms with Crippen LogP contribution in [0.5, 0.6) is 0 Å². The molecule has 0 spiro atoms. The predicted octanol–water partition coefficient (Wildman–Crippen LogP) is 4.59. The van der Waals surface area contributed by atoms with Gasteiger partial charge in [0.05, 0.1) is 12.0 Å². The van der Waals surface area contributed by atoms with Crippen molar-refractivity contribution in [2.24, 2.45) is 0 Å². The lowest BCUT2D eigenvalue weighted by atomic mass is 9.95. The van der Waals surface area contributed by atoms with Crippen LogP contribution < -0.4 is 5.32 Å². The Hall–Kier alpha value is -0.770. The maximum atomic E-state index is 13.2. The summed E-state index contributed by atoms with van der Waals surface area (Å²) in [5.41, 5.74) is -1.90. The van der Waals surface area contributed by atoms with E-state index >= 15 is 0 Å². The van der Waals surface area contributed by atoms with Crippen LogP contribution in [0.2, 0.25) is 0 Å². The van der Waals surface area contributed by atoms with Crippen molar-refractivity contribution in [3.05, 3.63) is 35.1 Å². The van der Waals surface area contributed by atoms with E-state index in [1.807, 2.05) is 0 Å². The standard InChI is InChI=1S/C14H15F7N2.2ClH/c15-9-1-2-10(11(7-9)14(19,20)21)12(8-13(16,17)18)23-5-3-22-4-6-23;;/h1-2,7,12,22H,3-6,8H2;2*1H/t12-;;/m0../s1. The highest BCUT2D eigenvalue weighted by molar-refractivity contribution is 5.85. The third kappa shape index (κ3) is 6.80. The molecule has 1 aliphatic heterocycles. The minimum Gasteiger partial charge on any atom is -0.314 e. The van der Waals surface area contributed by atoms with Crippen LogP contribution in [0.3, 0.4) is 0 Å². The lowest BCUT2D eigenvalue weighted by molar-refractivity contribution is -0.153. The number of rotatable bonds is 3. The molecule has 2 rings (SSSR count). The maximum Gasteiger partial charge on any atom is 0.416 e. The molecular formula is C14H17Cl2F7N2. The first-order valence-corrected chi connectivity index (χ1v) is 6.96. The van der Waals surface area contributed by atoms with E-state index < -0.39 is 41.8 Å². The molecule has 0 aromatic heterocycles. The van der Waals surface area contributed by atoms with Crippen LogP contribution in [0.4, 0.5) is 30.7 Å². The molecule has 0 radical (unpaired) electrons. The Bertz CT molecular complexity index is 543. The Morgan fingerprint density at radius 3 is 2.04 bits per heavy atom. The van der Waals surface area contributed by atoms with Crippen molar-refractivity contribution in [3.8, 4) is 0 Å². The van der Waals surface area contributed by atoms with E-state index in [1.165, 1.54) is 4.90 Å². The predicted molar refractivity (Wildman–Crippen MR) is 83.8 cm³/mol. The summed E-state index contributed by atoms with van der Waals surface area (Å²) in [5, 5.41) is 2.93. The largest absolute Gasteiger partial charge is 0.416 e. The van der Waals surface area contributed by atoms with Crippen LogP contribution in [0.15, 0.2) is 18.2 Å². The number of nitrogens with zero attached hydrogens (tertiary/aromatic N) is 1. The minimum atomic E-state index is -4.92. The first-order chi connectivity index (χ1) is 10.6.